The second kappa shape index (κ2) is 13.0. The van der Waals surface area contributed by atoms with Gasteiger partial charge in [-0.2, -0.15) is 0 Å². The van der Waals surface area contributed by atoms with E-state index in [0.717, 1.165) is 16.8 Å². The van der Waals surface area contributed by atoms with Gasteiger partial charge in [-0.1, -0.05) is 57.8 Å². The minimum Gasteiger partial charge on any atom is -0.391 e. The molecule has 0 saturated carbocycles. The smallest absolute Gasteiger partial charge is 0.269 e. The maximum absolute atomic E-state index is 13.2. The summed E-state index contributed by atoms with van der Waals surface area (Å²) in [6, 6.07) is 20.5. The number of hydrogen-bond acceptors (Lipinski definition) is 8. The van der Waals surface area contributed by atoms with Crippen LogP contribution in [0.25, 0.3) is 0 Å². The standard InChI is InChI=1S/C27H24Cl2N4O5/c28-23-5-1-19(2-6-23)17-37-30-13-21-15-32(25-9-11-26(12-10-25)33(35)36)16-22(27(21)34)14-31-38-18-20-3-7-24(29)8-4-20/h1-14,21-22H,15-18H2/b30-13-,31-14+/t21-,22-/m0/s1. The first-order chi connectivity index (χ1) is 18.4. The van der Waals surface area contributed by atoms with Gasteiger partial charge in [0.15, 0.2) is 5.78 Å². The molecule has 196 valence electrons. The maximum atomic E-state index is 13.2. The van der Waals surface area contributed by atoms with Gasteiger partial charge in [0.05, 0.1) is 29.2 Å². The lowest BCUT2D eigenvalue weighted by atomic mass is 9.88. The summed E-state index contributed by atoms with van der Waals surface area (Å²) in [6.45, 7) is 1.12. The SMILES string of the molecule is O=C1[C@@H](/C=N\OCc2ccc(Cl)cc2)CN(c2ccc([N+](=O)[O-])cc2)C[C@@H]1/C=N/OCc1ccc(Cl)cc1. The normalized spacial score (nSPS) is 17.7. The van der Waals surface area contributed by atoms with E-state index >= 15 is 0 Å². The molecule has 1 aliphatic heterocycles. The third-order valence-electron chi connectivity index (χ3n) is 5.91. The number of carbonyl (C=O) groups is 1. The Labute approximate surface area is 229 Å². The van der Waals surface area contributed by atoms with Crippen LogP contribution in [-0.4, -0.2) is 36.2 Å². The molecule has 0 aromatic heterocycles. The number of nitro groups is 1. The molecule has 2 atom stereocenters. The first kappa shape index (κ1) is 27.1. The van der Waals surface area contributed by atoms with Crippen LogP contribution in [0.5, 0.6) is 0 Å². The van der Waals surface area contributed by atoms with Gasteiger partial charge in [0.1, 0.15) is 13.2 Å². The van der Waals surface area contributed by atoms with Crippen LogP contribution in [0.15, 0.2) is 83.1 Å². The molecule has 3 aromatic rings. The molecule has 0 radical (unpaired) electrons. The van der Waals surface area contributed by atoms with Gasteiger partial charge in [-0.3, -0.25) is 14.9 Å². The van der Waals surface area contributed by atoms with Crippen molar-refractivity contribution >= 4 is 52.8 Å². The minimum absolute atomic E-state index is 0.00994. The van der Waals surface area contributed by atoms with E-state index in [4.69, 9.17) is 32.9 Å². The molecule has 3 aromatic carbocycles. The third kappa shape index (κ3) is 7.53. The number of halogens is 2. The number of piperidine rings is 1. The van der Waals surface area contributed by atoms with Crippen molar-refractivity contribution < 1.29 is 19.4 Å². The average Bonchev–Trinajstić information content (AvgIpc) is 2.92. The molecule has 0 unspecified atom stereocenters. The lowest BCUT2D eigenvalue weighted by Gasteiger charge is -2.35. The highest BCUT2D eigenvalue weighted by atomic mass is 35.5. The van der Waals surface area contributed by atoms with Crippen molar-refractivity contribution in [2.45, 2.75) is 13.2 Å². The van der Waals surface area contributed by atoms with E-state index in [9.17, 15) is 14.9 Å². The van der Waals surface area contributed by atoms with E-state index in [2.05, 4.69) is 10.3 Å². The van der Waals surface area contributed by atoms with Gasteiger partial charge in [-0.05, 0) is 47.5 Å². The van der Waals surface area contributed by atoms with E-state index < -0.39 is 16.8 Å². The number of benzene rings is 3. The Hall–Kier alpha value is -3.95. The molecular formula is C27H24Cl2N4O5. The highest BCUT2D eigenvalue weighted by molar-refractivity contribution is 6.30. The second-order valence-corrected chi connectivity index (χ2v) is 9.48. The van der Waals surface area contributed by atoms with E-state index in [1.165, 1.54) is 24.6 Å². The van der Waals surface area contributed by atoms with Crippen LogP contribution in [0.3, 0.4) is 0 Å². The van der Waals surface area contributed by atoms with Crippen LogP contribution in [0.1, 0.15) is 11.1 Å². The van der Waals surface area contributed by atoms with Crippen LogP contribution < -0.4 is 4.90 Å². The Morgan fingerprint density at radius 2 is 1.26 bits per heavy atom. The molecule has 1 aliphatic rings. The molecule has 0 spiro atoms. The van der Waals surface area contributed by atoms with Gasteiger partial charge in [0.2, 0.25) is 0 Å². The van der Waals surface area contributed by atoms with Gasteiger partial charge in [0, 0.05) is 41.0 Å². The van der Waals surface area contributed by atoms with Gasteiger partial charge >= 0.3 is 0 Å². The summed E-state index contributed by atoms with van der Waals surface area (Å²) < 4.78 is 0. The van der Waals surface area contributed by atoms with Crippen LogP contribution in [0, 0.1) is 22.0 Å². The zero-order valence-corrected chi connectivity index (χ0v) is 21.7. The summed E-state index contributed by atoms with van der Waals surface area (Å²) in [5.41, 5.74) is 2.50. The molecule has 1 heterocycles. The molecular weight excluding hydrogens is 531 g/mol. The number of hydrogen-bond donors (Lipinski definition) is 0. The molecule has 0 amide bonds. The minimum atomic E-state index is -0.586. The number of rotatable bonds is 10. The van der Waals surface area contributed by atoms with Gasteiger partial charge in [-0.25, -0.2) is 0 Å². The van der Waals surface area contributed by atoms with Crippen LogP contribution in [0.4, 0.5) is 11.4 Å². The highest BCUT2D eigenvalue weighted by Gasteiger charge is 2.34. The lowest BCUT2D eigenvalue weighted by molar-refractivity contribution is -0.384. The number of anilines is 1. The Morgan fingerprint density at radius 3 is 1.68 bits per heavy atom. The predicted molar refractivity (Wildman–Crippen MR) is 147 cm³/mol. The van der Waals surface area contributed by atoms with Crippen LogP contribution >= 0.6 is 23.2 Å². The fourth-order valence-corrected chi connectivity index (χ4v) is 4.11. The van der Waals surface area contributed by atoms with Crippen molar-refractivity contribution in [3.05, 3.63) is 104 Å². The Kier molecular flexibility index (Phi) is 9.29. The van der Waals surface area contributed by atoms with Crippen molar-refractivity contribution in [3.8, 4) is 0 Å². The fourth-order valence-electron chi connectivity index (χ4n) is 3.86. The van der Waals surface area contributed by atoms with E-state index in [1.54, 1.807) is 36.4 Å². The zero-order valence-electron chi connectivity index (χ0n) is 20.2. The quantitative estimate of drug-likeness (QED) is 0.174. The molecule has 0 bridgehead atoms. The van der Waals surface area contributed by atoms with Gasteiger partial charge < -0.3 is 14.6 Å². The first-order valence-electron chi connectivity index (χ1n) is 11.7. The summed E-state index contributed by atoms with van der Waals surface area (Å²) in [6.07, 6.45) is 2.95. The van der Waals surface area contributed by atoms with E-state index in [-0.39, 0.29) is 24.7 Å². The Bertz CT molecular complexity index is 1230. The molecule has 4 rings (SSSR count). The molecule has 38 heavy (non-hydrogen) atoms. The van der Waals surface area contributed by atoms with Gasteiger partial charge in [0.25, 0.3) is 5.69 Å². The Morgan fingerprint density at radius 1 is 0.816 bits per heavy atom. The van der Waals surface area contributed by atoms with Crippen molar-refractivity contribution in [1.29, 1.82) is 0 Å². The van der Waals surface area contributed by atoms with Gasteiger partial charge in [-0.15, -0.1) is 0 Å². The number of carbonyl (C=O) groups excluding carboxylic acids is 1. The third-order valence-corrected chi connectivity index (χ3v) is 6.41. The van der Waals surface area contributed by atoms with Crippen molar-refractivity contribution in [2.24, 2.45) is 22.1 Å². The molecule has 0 N–H and O–H groups in total. The summed E-state index contributed by atoms with van der Waals surface area (Å²) >= 11 is 11.8. The monoisotopic (exact) mass is 554 g/mol. The summed E-state index contributed by atoms with van der Waals surface area (Å²) in [4.78, 5) is 36.5. The number of ketones is 1. The van der Waals surface area contributed by atoms with E-state index in [1.807, 2.05) is 29.2 Å². The molecule has 1 fully saturated rings. The van der Waals surface area contributed by atoms with Crippen molar-refractivity contribution in [3.63, 3.8) is 0 Å². The van der Waals surface area contributed by atoms with Crippen LogP contribution in [-0.2, 0) is 27.7 Å². The topological polar surface area (TPSA) is 107 Å². The van der Waals surface area contributed by atoms with Crippen LogP contribution in [0.2, 0.25) is 10.0 Å². The predicted octanol–water partition coefficient (Wildman–Crippen LogP) is 5.93. The number of nitro benzene ring substituents is 1. The highest BCUT2D eigenvalue weighted by Crippen LogP contribution is 2.25. The summed E-state index contributed by atoms with van der Waals surface area (Å²) in [7, 11) is 0. The molecule has 0 aliphatic carbocycles. The first-order valence-corrected chi connectivity index (χ1v) is 12.5. The average molecular weight is 555 g/mol. The molecule has 1 saturated heterocycles. The zero-order chi connectivity index (χ0) is 26.9. The Balaban J connectivity index is 1.43. The number of non-ortho nitro benzene ring substituents is 1. The lowest BCUT2D eigenvalue weighted by Crippen LogP contribution is -2.48. The van der Waals surface area contributed by atoms with E-state index in [0.29, 0.717) is 23.1 Å². The molecule has 11 heteroatoms. The maximum Gasteiger partial charge on any atom is 0.269 e. The largest absolute Gasteiger partial charge is 0.391 e. The molecule has 9 nitrogen and oxygen atoms in total. The van der Waals surface area contributed by atoms with Crippen molar-refractivity contribution in [1.82, 2.24) is 0 Å². The number of oxime groups is 2. The fraction of sp³-hybridized carbons (Fsp3) is 0.222. The summed E-state index contributed by atoms with van der Waals surface area (Å²) in [5.74, 6) is -1.26. The second-order valence-electron chi connectivity index (χ2n) is 8.60. The number of nitrogens with zero attached hydrogens (tertiary/aromatic N) is 4. The number of Topliss-reactive ketones (excluding diaryl/α,β-unsaturated/α-hetero) is 1. The van der Waals surface area contributed by atoms with Crippen molar-refractivity contribution in [2.75, 3.05) is 18.0 Å². The summed E-state index contributed by atoms with van der Waals surface area (Å²) in [5, 5.41) is 20.3.